The van der Waals surface area contributed by atoms with Crippen LogP contribution in [0, 0.1) is 5.92 Å². The molecule has 0 aromatic heterocycles. The summed E-state index contributed by atoms with van der Waals surface area (Å²) in [5.74, 6) is 1.19. The van der Waals surface area contributed by atoms with Gasteiger partial charge in [-0.3, -0.25) is 4.79 Å². The van der Waals surface area contributed by atoms with Crippen LogP contribution in [0.2, 0.25) is 0 Å². The van der Waals surface area contributed by atoms with E-state index in [-0.39, 0.29) is 5.91 Å². The Kier molecular flexibility index (Phi) is 7.65. The van der Waals surface area contributed by atoms with Crippen molar-refractivity contribution in [2.75, 3.05) is 19.4 Å². The number of nitrogens with one attached hydrogen (secondary N) is 1. The third-order valence-electron chi connectivity index (χ3n) is 3.52. The van der Waals surface area contributed by atoms with E-state index in [0.29, 0.717) is 23.5 Å². The number of carbonyl (C=O) groups is 1. The third kappa shape index (κ3) is 6.06. The van der Waals surface area contributed by atoms with Gasteiger partial charge in [-0.15, -0.1) is 0 Å². The molecule has 0 aliphatic heterocycles. The number of nitrogen functional groups attached to an aromatic ring is 1. The normalized spacial score (nSPS) is 10.7. The van der Waals surface area contributed by atoms with Crippen molar-refractivity contribution in [1.29, 1.82) is 0 Å². The maximum atomic E-state index is 12.1. The fourth-order valence-corrected chi connectivity index (χ4v) is 2.25. The first kappa shape index (κ1) is 17.3. The lowest BCUT2D eigenvalue weighted by Gasteiger charge is -2.10. The fraction of sp³-hybridized carbons (Fsp3) is 0.588. The van der Waals surface area contributed by atoms with E-state index in [1.807, 2.05) is 0 Å². The predicted molar refractivity (Wildman–Crippen MR) is 87.7 cm³/mol. The van der Waals surface area contributed by atoms with Crippen LogP contribution in [0.4, 0.5) is 5.69 Å². The minimum absolute atomic E-state index is 0.131. The number of carbonyl (C=O) groups excluding carboxylic acids is 1. The number of para-hydroxylation sites is 1. The highest BCUT2D eigenvalue weighted by Crippen LogP contribution is 2.24. The van der Waals surface area contributed by atoms with Gasteiger partial charge < -0.3 is 15.8 Å². The van der Waals surface area contributed by atoms with Crippen molar-refractivity contribution in [1.82, 2.24) is 5.32 Å². The maximum absolute atomic E-state index is 12.1. The molecule has 1 aromatic carbocycles. The van der Waals surface area contributed by atoms with Gasteiger partial charge in [-0.2, -0.15) is 0 Å². The van der Waals surface area contributed by atoms with Crippen LogP contribution >= 0.6 is 0 Å². The lowest BCUT2D eigenvalue weighted by Crippen LogP contribution is -2.25. The number of unbranched alkanes of at least 4 members (excludes halogenated alkanes) is 3. The second-order valence-electron chi connectivity index (χ2n) is 5.77. The summed E-state index contributed by atoms with van der Waals surface area (Å²) in [5, 5.41) is 2.92. The molecule has 1 amide bonds. The first-order valence-electron chi connectivity index (χ1n) is 7.77. The number of rotatable bonds is 9. The SMILES string of the molecule is COc1cccc(C(=O)NCCCCCCC(C)C)c1N. The summed E-state index contributed by atoms with van der Waals surface area (Å²) < 4.78 is 5.12. The van der Waals surface area contributed by atoms with Crippen molar-refractivity contribution in [3.63, 3.8) is 0 Å². The molecule has 0 fully saturated rings. The van der Waals surface area contributed by atoms with Crippen molar-refractivity contribution in [2.45, 2.75) is 46.0 Å². The van der Waals surface area contributed by atoms with Crippen molar-refractivity contribution in [3.05, 3.63) is 23.8 Å². The van der Waals surface area contributed by atoms with Gasteiger partial charge in [-0.05, 0) is 24.5 Å². The molecule has 118 valence electrons. The quantitative estimate of drug-likeness (QED) is 0.540. The smallest absolute Gasteiger partial charge is 0.253 e. The molecule has 1 aromatic rings. The van der Waals surface area contributed by atoms with Crippen molar-refractivity contribution in [3.8, 4) is 5.75 Å². The zero-order valence-corrected chi connectivity index (χ0v) is 13.4. The second kappa shape index (κ2) is 9.27. The number of benzene rings is 1. The second-order valence-corrected chi connectivity index (χ2v) is 5.77. The van der Waals surface area contributed by atoms with E-state index in [2.05, 4.69) is 19.2 Å². The van der Waals surface area contributed by atoms with Crippen LogP contribution in [0.25, 0.3) is 0 Å². The average molecular weight is 292 g/mol. The lowest BCUT2D eigenvalue weighted by atomic mass is 10.0. The lowest BCUT2D eigenvalue weighted by molar-refractivity contribution is 0.0953. The molecule has 0 atom stereocenters. The first-order valence-corrected chi connectivity index (χ1v) is 7.77. The van der Waals surface area contributed by atoms with E-state index < -0.39 is 0 Å². The fourth-order valence-electron chi connectivity index (χ4n) is 2.25. The van der Waals surface area contributed by atoms with Crippen LogP contribution in [-0.2, 0) is 0 Å². The van der Waals surface area contributed by atoms with Gasteiger partial charge in [-0.25, -0.2) is 0 Å². The Morgan fingerprint density at radius 3 is 2.62 bits per heavy atom. The number of amides is 1. The minimum atomic E-state index is -0.131. The third-order valence-corrected chi connectivity index (χ3v) is 3.52. The summed E-state index contributed by atoms with van der Waals surface area (Å²) in [7, 11) is 1.55. The van der Waals surface area contributed by atoms with Crippen molar-refractivity contribution < 1.29 is 9.53 Å². The number of ether oxygens (including phenoxy) is 1. The topological polar surface area (TPSA) is 64.3 Å². The Morgan fingerprint density at radius 1 is 1.24 bits per heavy atom. The number of nitrogens with two attached hydrogens (primary N) is 1. The van der Waals surface area contributed by atoms with E-state index in [9.17, 15) is 4.79 Å². The van der Waals surface area contributed by atoms with Crippen LogP contribution in [0.5, 0.6) is 5.75 Å². The molecule has 0 heterocycles. The Balaban J connectivity index is 2.28. The van der Waals surface area contributed by atoms with E-state index in [4.69, 9.17) is 10.5 Å². The number of methoxy groups -OCH3 is 1. The van der Waals surface area contributed by atoms with Gasteiger partial charge in [0.15, 0.2) is 0 Å². The highest BCUT2D eigenvalue weighted by Gasteiger charge is 2.12. The standard InChI is InChI=1S/C17H28N2O2/c1-13(2)9-6-4-5-7-12-19-17(20)14-10-8-11-15(21-3)16(14)18/h8,10-11,13H,4-7,9,12,18H2,1-3H3,(H,19,20). The Morgan fingerprint density at radius 2 is 1.95 bits per heavy atom. The molecule has 0 bridgehead atoms. The van der Waals surface area contributed by atoms with Crippen LogP contribution < -0.4 is 15.8 Å². The molecule has 1 rings (SSSR count). The largest absolute Gasteiger partial charge is 0.495 e. The summed E-state index contributed by atoms with van der Waals surface area (Å²) in [6.07, 6.45) is 5.95. The van der Waals surface area contributed by atoms with Gasteiger partial charge in [-0.1, -0.05) is 45.6 Å². The van der Waals surface area contributed by atoms with Gasteiger partial charge in [0, 0.05) is 6.54 Å². The molecule has 3 N–H and O–H groups in total. The average Bonchev–Trinajstić information content (AvgIpc) is 2.46. The number of anilines is 1. The van der Waals surface area contributed by atoms with E-state index in [1.54, 1.807) is 25.3 Å². The molecule has 0 unspecified atom stereocenters. The summed E-state index contributed by atoms with van der Waals surface area (Å²) in [4.78, 5) is 12.1. The number of hydrogen-bond donors (Lipinski definition) is 2. The van der Waals surface area contributed by atoms with Gasteiger partial charge >= 0.3 is 0 Å². The highest BCUT2D eigenvalue weighted by atomic mass is 16.5. The van der Waals surface area contributed by atoms with Gasteiger partial charge in [0.25, 0.3) is 5.91 Å². The Labute approximate surface area is 128 Å². The Hall–Kier alpha value is -1.71. The van der Waals surface area contributed by atoms with E-state index in [1.165, 1.54) is 19.3 Å². The van der Waals surface area contributed by atoms with Gasteiger partial charge in [0.1, 0.15) is 5.75 Å². The first-order chi connectivity index (χ1) is 10.1. The summed E-state index contributed by atoms with van der Waals surface area (Å²) in [5.41, 5.74) is 6.79. The van der Waals surface area contributed by atoms with Crippen molar-refractivity contribution >= 4 is 11.6 Å². The van der Waals surface area contributed by atoms with Crippen LogP contribution in [0.3, 0.4) is 0 Å². The van der Waals surface area contributed by atoms with Crippen LogP contribution in [0.1, 0.15) is 56.3 Å². The highest BCUT2D eigenvalue weighted by molar-refractivity contribution is 6.00. The summed E-state index contributed by atoms with van der Waals surface area (Å²) in [6, 6.07) is 5.24. The molecular formula is C17H28N2O2. The predicted octanol–water partition coefficient (Wildman–Crippen LogP) is 3.61. The molecule has 0 radical (unpaired) electrons. The molecule has 0 saturated heterocycles. The zero-order valence-electron chi connectivity index (χ0n) is 13.4. The zero-order chi connectivity index (χ0) is 15.7. The molecule has 0 aliphatic carbocycles. The van der Waals surface area contributed by atoms with Crippen LogP contribution in [-0.4, -0.2) is 19.6 Å². The van der Waals surface area contributed by atoms with Gasteiger partial charge in [0.05, 0.1) is 18.4 Å². The molecule has 21 heavy (non-hydrogen) atoms. The van der Waals surface area contributed by atoms with Gasteiger partial charge in [0.2, 0.25) is 0 Å². The maximum Gasteiger partial charge on any atom is 0.253 e. The van der Waals surface area contributed by atoms with E-state index >= 15 is 0 Å². The number of hydrogen-bond acceptors (Lipinski definition) is 3. The summed E-state index contributed by atoms with van der Waals surface area (Å²) in [6.45, 7) is 5.19. The van der Waals surface area contributed by atoms with Crippen molar-refractivity contribution in [2.24, 2.45) is 5.92 Å². The molecule has 0 saturated carbocycles. The summed E-state index contributed by atoms with van der Waals surface area (Å²) >= 11 is 0. The molecule has 0 aliphatic rings. The molecular weight excluding hydrogens is 264 g/mol. The van der Waals surface area contributed by atoms with E-state index in [0.717, 1.165) is 18.8 Å². The molecule has 0 spiro atoms. The monoisotopic (exact) mass is 292 g/mol. The van der Waals surface area contributed by atoms with Crippen LogP contribution in [0.15, 0.2) is 18.2 Å². The molecule has 4 nitrogen and oxygen atoms in total. The minimum Gasteiger partial charge on any atom is -0.495 e. The molecule has 4 heteroatoms. The Bertz CT molecular complexity index is 444.